The molecule has 0 saturated carbocycles. The molecule has 2 aromatic heterocycles. The molecule has 2 heterocycles. The van der Waals surface area contributed by atoms with Crippen LogP contribution in [0.15, 0.2) is 88.2 Å². The van der Waals surface area contributed by atoms with Crippen LogP contribution in [-0.2, 0) is 6.54 Å². The van der Waals surface area contributed by atoms with E-state index in [0.717, 1.165) is 22.3 Å². The molecule has 0 radical (unpaired) electrons. The van der Waals surface area contributed by atoms with Crippen molar-refractivity contribution in [2.24, 2.45) is 0 Å². The van der Waals surface area contributed by atoms with Crippen molar-refractivity contribution in [2.45, 2.75) is 26.3 Å². The first-order valence-corrected chi connectivity index (χ1v) is 12.1. The first kappa shape index (κ1) is 24.3. The van der Waals surface area contributed by atoms with Crippen LogP contribution < -0.4 is 16.6 Å². The monoisotopic (exact) mass is 512 g/mol. The van der Waals surface area contributed by atoms with E-state index in [1.165, 1.54) is 12.4 Å². The summed E-state index contributed by atoms with van der Waals surface area (Å²) in [4.78, 5) is 22.0. The molecule has 1 aliphatic carbocycles. The van der Waals surface area contributed by atoms with Gasteiger partial charge in [0.15, 0.2) is 0 Å². The summed E-state index contributed by atoms with van der Waals surface area (Å²) >= 11 is 6.02. The van der Waals surface area contributed by atoms with E-state index in [-0.39, 0.29) is 29.4 Å². The highest BCUT2D eigenvalue weighted by molar-refractivity contribution is 6.30. The minimum atomic E-state index is -0.120. The number of aromatic nitrogens is 3. The predicted octanol–water partition coefficient (Wildman–Crippen LogP) is 5.38. The van der Waals surface area contributed by atoms with Crippen LogP contribution in [0.5, 0.6) is 0 Å². The van der Waals surface area contributed by atoms with Gasteiger partial charge in [-0.25, -0.2) is 9.97 Å². The van der Waals surface area contributed by atoms with E-state index in [1.807, 2.05) is 61.5 Å². The molecule has 186 valence electrons. The summed E-state index contributed by atoms with van der Waals surface area (Å²) in [6.07, 6.45) is 3.71. The van der Waals surface area contributed by atoms with Gasteiger partial charge in [0.05, 0.1) is 28.5 Å². The van der Waals surface area contributed by atoms with Gasteiger partial charge in [0.1, 0.15) is 23.7 Å². The molecule has 5 rings (SSSR count). The smallest absolute Gasteiger partial charge is 0.263 e. The van der Waals surface area contributed by atoms with Crippen molar-refractivity contribution in [3.05, 3.63) is 111 Å². The number of nitrogen functional groups attached to an aromatic ring is 1. The molecule has 5 N–H and O–H groups in total. The molecule has 8 nitrogen and oxygen atoms in total. The summed E-state index contributed by atoms with van der Waals surface area (Å²) in [6.45, 7) is 2.20. The van der Waals surface area contributed by atoms with Gasteiger partial charge in [-0.15, -0.1) is 0 Å². The number of halogens is 1. The lowest BCUT2D eigenvalue weighted by Crippen LogP contribution is -2.25. The molecule has 1 aliphatic rings. The standard InChI is InChI=1S/C28H25ClN6O2/c1-16-6-2-5-9-22(16)35-19(12-17-7-3-4-8-20(17)28(35)37)14-32-27-24(26(31)33-15-34-27)25(30)18-10-11-21(29)23(36)13-18/h2-9,12-13,15,30,36H,10-11,14H2,1H3,(H3,31,32,33,34). The molecule has 0 bridgehead atoms. The van der Waals surface area contributed by atoms with Crippen LogP contribution in [-0.4, -0.2) is 25.4 Å². The number of benzene rings is 2. The van der Waals surface area contributed by atoms with Crippen LogP contribution in [0, 0.1) is 12.3 Å². The summed E-state index contributed by atoms with van der Waals surface area (Å²) in [5.74, 6) is 0.435. The van der Waals surface area contributed by atoms with Gasteiger partial charge in [-0.05, 0) is 60.6 Å². The van der Waals surface area contributed by atoms with Gasteiger partial charge in [-0.3, -0.25) is 14.8 Å². The summed E-state index contributed by atoms with van der Waals surface area (Å²) in [5.41, 5.74) is 9.54. The third-order valence-electron chi connectivity index (χ3n) is 6.45. The first-order chi connectivity index (χ1) is 17.8. The predicted molar refractivity (Wildman–Crippen MR) is 148 cm³/mol. The fourth-order valence-electron chi connectivity index (χ4n) is 4.52. The Hall–Kier alpha value is -4.43. The lowest BCUT2D eigenvalue weighted by molar-refractivity contribution is 0.423. The Bertz CT molecular complexity index is 1670. The zero-order chi connectivity index (χ0) is 26.1. The highest BCUT2D eigenvalue weighted by atomic mass is 35.5. The van der Waals surface area contributed by atoms with E-state index < -0.39 is 0 Å². The normalized spacial score (nSPS) is 13.5. The number of nitrogens with one attached hydrogen (secondary N) is 2. The summed E-state index contributed by atoms with van der Waals surface area (Å²) in [5, 5.41) is 23.9. The van der Waals surface area contributed by atoms with Gasteiger partial charge >= 0.3 is 0 Å². The van der Waals surface area contributed by atoms with E-state index in [0.29, 0.717) is 40.2 Å². The van der Waals surface area contributed by atoms with Crippen LogP contribution in [0.3, 0.4) is 0 Å². The molecule has 0 unspecified atom stereocenters. The van der Waals surface area contributed by atoms with Crippen LogP contribution >= 0.6 is 11.6 Å². The molecular formula is C28H25ClN6O2. The molecular weight excluding hydrogens is 488 g/mol. The number of para-hydroxylation sites is 1. The Labute approximate surface area is 218 Å². The summed E-state index contributed by atoms with van der Waals surface area (Å²) in [6, 6.07) is 17.2. The van der Waals surface area contributed by atoms with Crippen LogP contribution in [0.2, 0.25) is 0 Å². The summed E-state index contributed by atoms with van der Waals surface area (Å²) < 4.78 is 1.70. The average molecular weight is 513 g/mol. The number of fused-ring (bicyclic) bond motifs is 1. The summed E-state index contributed by atoms with van der Waals surface area (Å²) in [7, 11) is 0. The second-order valence-corrected chi connectivity index (χ2v) is 9.28. The molecule has 0 fully saturated rings. The van der Waals surface area contributed by atoms with Gasteiger partial charge in [-0.2, -0.15) is 0 Å². The van der Waals surface area contributed by atoms with Crippen molar-refractivity contribution in [3.63, 3.8) is 0 Å². The maximum atomic E-state index is 13.6. The second-order valence-electron chi connectivity index (χ2n) is 8.82. The number of rotatable bonds is 6. The van der Waals surface area contributed by atoms with Crippen LogP contribution in [0.4, 0.5) is 11.6 Å². The Balaban J connectivity index is 1.57. The SMILES string of the molecule is Cc1ccccc1-n1c(CNc2ncnc(N)c2C(=N)C2=CC(O)=C(Cl)CC2)cc2ccccc2c1=O. The molecule has 0 amide bonds. The van der Waals surface area contributed by atoms with Crippen molar-refractivity contribution in [2.75, 3.05) is 11.1 Å². The number of aliphatic hydroxyl groups is 1. The van der Waals surface area contributed by atoms with Crippen molar-refractivity contribution < 1.29 is 5.11 Å². The van der Waals surface area contributed by atoms with E-state index in [2.05, 4.69) is 15.3 Å². The Morgan fingerprint density at radius 1 is 1.16 bits per heavy atom. The number of allylic oxidation sites excluding steroid dienone is 3. The average Bonchev–Trinajstić information content (AvgIpc) is 2.89. The molecule has 37 heavy (non-hydrogen) atoms. The van der Waals surface area contributed by atoms with Gasteiger partial charge < -0.3 is 16.2 Å². The van der Waals surface area contributed by atoms with Crippen molar-refractivity contribution in [1.29, 1.82) is 5.41 Å². The molecule has 4 aromatic rings. The molecule has 0 spiro atoms. The Kier molecular flexibility index (Phi) is 6.50. The highest BCUT2D eigenvalue weighted by Gasteiger charge is 2.22. The van der Waals surface area contributed by atoms with Crippen molar-refractivity contribution >= 4 is 39.7 Å². The maximum Gasteiger partial charge on any atom is 0.263 e. The fraction of sp³-hybridized carbons (Fsp3) is 0.143. The van der Waals surface area contributed by atoms with Crippen molar-refractivity contribution in [1.82, 2.24) is 14.5 Å². The minimum Gasteiger partial charge on any atom is -0.507 e. The number of anilines is 2. The van der Waals surface area contributed by atoms with Gasteiger partial charge in [-0.1, -0.05) is 48.0 Å². The van der Waals surface area contributed by atoms with Gasteiger partial charge in [0.2, 0.25) is 0 Å². The van der Waals surface area contributed by atoms with Crippen LogP contribution in [0.25, 0.3) is 16.5 Å². The molecule has 0 saturated heterocycles. The number of nitrogens with zero attached hydrogens (tertiary/aromatic N) is 3. The second kappa shape index (κ2) is 9.91. The number of pyridine rings is 1. The minimum absolute atomic E-state index is 0.0593. The lowest BCUT2D eigenvalue weighted by Gasteiger charge is -2.20. The number of aryl methyl sites for hydroxylation is 1. The number of hydrogen-bond donors (Lipinski definition) is 4. The van der Waals surface area contributed by atoms with Gasteiger partial charge in [0.25, 0.3) is 5.56 Å². The van der Waals surface area contributed by atoms with Crippen molar-refractivity contribution in [3.8, 4) is 5.69 Å². The fourth-order valence-corrected chi connectivity index (χ4v) is 4.67. The largest absolute Gasteiger partial charge is 0.507 e. The lowest BCUT2D eigenvalue weighted by atomic mass is 9.95. The highest BCUT2D eigenvalue weighted by Crippen LogP contribution is 2.30. The Morgan fingerprint density at radius 2 is 1.92 bits per heavy atom. The zero-order valence-corrected chi connectivity index (χ0v) is 20.9. The Morgan fingerprint density at radius 3 is 2.70 bits per heavy atom. The number of aliphatic hydroxyl groups excluding tert-OH is 1. The van der Waals surface area contributed by atoms with Gasteiger partial charge in [0, 0.05) is 11.1 Å². The van der Waals surface area contributed by atoms with E-state index >= 15 is 0 Å². The molecule has 2 aromatic carbocycles. The first-order valence-electron chi connectivity index (χ1n) is 11.8. The number of hydrogen-bond acceptors (Lipinski definition) is 7. The topological polar surface area (TPSA) is 130 Å². The maximum absolute atomic E-state index is 13.6. The van der Waals surface area contributed by atoms with E-state index in [4.69, 9.17) is 22.7 Å². The number of nitrogens with two attached hydrogens (primary N) is 1. The van der Waals surface area contributed by atoms with Crippen LogP contribution in [0.1, 0.15) is 29.7 Å². The molecule has 0 aliphatic heterocycles. The van der Waals surface area contributed by atoms with E-state index in [1.54, 1.807) is 4.57 Å². The third kappa shape index (κ3) is 4.59. The molecule has 0 atom stereocenters. The van der Waals surface area contributed by atoms with E-state index in [9.17, 15) is 9.90 Å². The quantitative estimate of drug-likeness (QED) is 0.257. The zero-order valence-electron chi connectivity index (χ0n) is 20.1. The molecule has 9 heteroatoms. The third-order valence-corrected chi connectivity index (χ3v) is 6.83.